The number of nitrogens with zero attached hydrogens (tertiary/aromatic N) is 3. The van der Waals surface area contributed by atoms with E-state index in [2.05, 4.69) is 25.1 Å². The maximum Gasteiger partial charge on any atom is 0.152 e. The second-order valence-corrected chi connectivity index (χ2v) is 1.78. The minimum atomic E-state index is 0.689. The van der Waals surface area contributed by atoms with E-state index in [1.165, 1.54) is 6.26 Å². The molecule has 0 saturated heterocycles. The molecule has 5 nitrogen and oxygen atoms in total. The van der Waals surface area contributed by atoms with E-state index >= 15 is 0 Å². The van der Waals surface area contributed by atoms with Gasteiger partial charge in [0.05, 0.1) is 6.20 Å². The summed E-state index contributed by atoms with van der Waals surface area (Å²) < 4.78 is 4.54. The lowest BCUT2D eigenvalue weighted by Crippen LogP contribution is -1.71. The van der Waals surface area contributed by atoms with Gasteiger partial charge in [-0.3, -0.25) is 5.10 Å². The van der Waals surface area contributed by atoms with E-state index < -0.39 is 0 Å². The third-order valence-corrected chi connectivity index (χ3v) is 1.15. The normalized spacial score (nSPS) is 10.0. The first-order valence-corrected chi connectivity index (χ1v) is 2.73. The molecule has 0 amide bonds. The Morgan fingerprint density at radius 1 is 1.50 bits per heavy atom. The second kappa shape index (κ2) is 1.94. The lowest BCUT2D eigenvalue weighted by Gasteiger charge is -1.78. The summed E-state index contributed by atoms with van der Waals surface area (Å²) in [5.74, 6) is 0. The first-order valence-electron chi connectivity index (χ1n) is 2.73. The van der Waals surface area contributed by atoms with Gasteiger partial charge in [-0.05, 0) is 0 Å². The number of hydrogen-bond donors (Lipinski definition) is 1. The van der Waals surface area contributed by atoms with Gasteiger partial charge < -0.3 is 4.52 Å². The first-order chi connectivity index (χ1) is 4.97. The van der Waals surface area contributed by atoms with Crippen molar-refractivity contribution in [3.63, 3.8) is 0 Å². The predicted octanol–water partition coefficient (Wildman–Crippen LogP) is 0.460. The van der Waals surface area contributed by atoms with Crippen molar-refractivity contribution in [1.29, 1.82) is 0 Å². The van der Waals surface area contributed by atoms with Gasteiger partial charge in [0.2, 0.25) is 0 Å². The molecule has 0 aromatic carbocycles. The van der Waals surface area contributed by atoms with E-state index in [0.717, 1.165) is 5.56 Å². The van der Waals surface area contributed by atoms with Crippen LogP contribution in [-0.2, 0) is 0 Å². The summed E-state index contributed by atoms with van der Waals surface area (Å²) in [6.07, 6.45) is 4.84. The monoisotopic (exact) mass is 136 g/mol. The maximum absolute atomic E-state index is 4.54. The van der Waals surface area contributed by atoms with Crippen LogP contribution in [-0.4, -0.2) is 20.6 Å². The van der Waals surface area contributed by atoms with Gasteiger partial charge in [0.15, 0.2) is 6.26 Å². The van der Waals surface area contributed by atoms with Gasteiger partial charge in [0.1, 0.15) is 5.69 Å². The molecule has 10 heavy (non-hydrogen) atoms. The van der Waals surface area contributed by atoms with Crippen molar-refractivity contribution in [2.45, 2.75) is 0 Å². The molecule has 0 spiro atoms. The molecule has 0 aliphatic rings. The van der Waals surface area contributed by atoms with Crippen LogP contribution in [0.5, 0.6) is 0 Å². The van der Waals surface area contributed by atoms with Crippen LogP contribution < -0.4 is 0 Å². The summed E-state index contributed by atoms with van der Waals surface area (Å²) in [7, 11) is 0. The van der Waals surface area contributed by atoms with Gasteiger partial charge in [0.25, 0.3) is 0 Å². The third kappa shape index (κ3) is 0.680. The molecular formula is C5H4N4O. The summed E-state index contributed by atoms with van der Waals surface area (Å²) in [6, 6.07) is 0. The second-order valence-electron chi connectivity index (χ2n) is 1.78. The fourth-order valence-electron chi connectivity index (χ4n) is 0.681. The van der Waals surface area contributed by atoms with E-state index in [1.54, 1.807) is 12.4 Å². The minimum Gasteiger partial charge on any atom is -0.345 e. The lowest BCUT2D eigenvalue weighted by atomic mass is 10.3. The zero-order valence-corrected chi connectivity index (χ0v) is 4.98. The van der Waals surface area contributed by atoms with Crippen molar-refractivity contribution in [2.75, 3.05) is 0 Å². The molecule has 1 N–H and O–H groups in total. The number of aromatic nitrogens is 4. The Morgan fingerprint density at radius 2 is 2.50 bits per heavy atom. The highest BCUT2D eigenvalue weighted by atomic mass is 16.5. The fraction of sp³-hybridized carbons (Fsp3) is 0. The highest BCUT2D eigenvalue weighted by Gasteiger charge is 2.00. The Balaban J connectivity index is 2.48. The number of H-pyrrole nitrogens is 1. The van der Waals surface area contributed by atoms with Crippen LogP contribution in [0.2, 0.25) is 0 Å². The number of aromatic amines is 1. The molecular weight excluding hydrogens is 132 g/mol. The van der Waals surface area contributed by atoms with Gasteiger partial charge in [-0.2, -0.15) is 5.10 Å². The Bertz CT molecular complexity index is 253. The van der Waals surface area contributed by atoms with Crippen molar-refractivity contribution < 1.29 is 4.52 Å². The molecule has 2 heterocycles. The van der Waals surface area contributed by atoms with E-state index in [0.29, 0.717) is 5.69 Å². The zero-order valence-electron chi connectivity index (χ0n) is 4.98. The molecule has 0 saturated carbocycles. The number of rotatable bonds is 1. The maximum atomic E-state index is 4.54. The highest BCUT2D eigenvalue weighted by Crippen LogP contribution is 2.11. The summed E-state index contributed by atoms with van der Waals surface area (Å²) in [4.78, 5) is 0. The summed E-state index contributed by atoms with van der Waals surface area (Å²) in [5.41, 5.74) is 1.56. The van der Waals surface area contributed by atoms with E-state index in [-0.39, 0.29) is 0 Å². The SMILES string of the molecule is c1n[nH]cc1-c1conn1. The molecule has 2 rings (SSSR count). The van der Waals surface area contributed by atoms with E-state index in [9.17, 15) is 0 Å². The van der Waals surface area contributed by atoms with Crippen LogP contribution in [0.1, 0.15) is 0 Å². The summed E-state index contributed by atoms with van der Waals surface area (Å²) in [5, 5.41) is 13.4. The quantitative estimate of drug-likeness (QED) is 0.618. The van der Waals surface area contributed by atoms with Gasteiger partial charge in [-0.15, -0.1) is 5.10 Å². The molecule has 0 fully saturated rings. The summed E-state index contributed by atoms with van der Waals surface area (Å²) >= 11 is 0. The van der Waals surface area contributed by atoms with E-state index in [1.807, 2.05) is 0 Å². The fourth-order valence-corrected chi connectivity index (χ4v) is 0.681. The molecule has 0 atom stereocenters. The Hall–Kier alpha value is -1.65. The van der Waals surface area contributed by atoms with Gasteiger partial charge >= 0.3 is 0 Å². The molecule has 50 valence electrons. The molecule has 0 unspecified atom stereocenters. The van der Waals surface area contributed by atoms with Gasteiger partial charge in [-0.1, -0.05) is 0 Å². The molecule has 5 heteroatoms. The van der Waals surface area contributed by atoms with Gasteiger partial charge in [0, 0.05) is 17.0 Å². The predicted molar refractivity (Wildman–Crippen MR) is 31.9 cm³/mol. The molecule has 0 aliphatic carbocycles. The van der Waals surface area contributed by atoms with Crippen molar-refractivity contribution >= 4 is 0 Å². The van der Waals surface area contributed by atoms with Crippen LogP contribution in [0.3, 0.4) is 0 Å². The Kier molecular flexibility index (Phi) is 1.00. The van der Waals surface area contributed by atoms with Crippen molar-refractivity contribution in [3.8, 4) is 11.3 Å². The largest absolute Gasteiger partial charge is 0.345 e. The van der Waals surface area contributed by atoms with Crippen LogP contribution >= 0.6 is 0 Å². The van der Waals surface area contributed by atoms with Crippen LogP contribution in [0.15, 0.2) is 23.2 Å². The van der Waals surface area contributed by atoms with Crippen LogP contribution in [0.25, 0.3) is 11.3 Å². The molecule has 0 bridgehead atoms. The Labute approximate surface area is 56.0 Å². The standard InChI is InChI=1S/C5H4N4O/c1-4(2-7-6-1)5-3-10-9-8-5/h1-3H,(H,6,7). The van der Waals surface area contributed by atoms with Crippen molar-refractivity contribution in [3.05, 3.63) is 18.7 Å². The summed E-state index contributed by atoms with van der Waals surface area (Å²) in [6.45, 7) is 0. The first kappa shape index (κ1) is 5.16. The third-order valence-electron chi connectivity index (χ3n) is 1.15. The number of nitrogens with one attached hydrogen (secondary N) is 1. The lowest BCUT2D eigenvalue weighted by molar-refractivity contribution is 0.393. The Morgan fingerprint density at radius 3 is 3.10 bits per heavy atom. The van der Waals surface area contributed by atoms with Crippen molar-refractivity contribution in [2.24, 2.45) is 0 Å². The highest BCUT2D eigenvalue weighted by molar-refractivity contribution is 5.53. The molecule has 0 radical (unpaired) electrons. The molecule has 2 aromatic heterocycles. The van der Waals surface area contributed by atoms with Crippen molar-refractivity contribution in [1.82, 2.24) is 20.6 Å². The zero-order chi connectivity index (χ0) is 6.81. The average Bonchev–Trinajstić information content (AvgIpc) is 2.59. The van der Waals surface area contributed by atoms with E-state index in [4.69, 9.17) is 0 Å². The molecule has 2 aromatic rings. The topological polar surface area (TPSA) is 67.6 Å². The smallest absolute Gasteiger partial charge is 0.152 e. The molecule has 0 aliphatic heterocycles. The van der Waals surface area contributed by atoms with Crippen LogP contribution in [0, 0.1) is 0 Å². The number of hydrogen-bond acceptors (Lipinski definition) is 4. The van der Waals surface area contributed by atoms with Crippen LogP contribution in [0.4, 0.5) is 0 Å². The van der Waals surface area contributed by atoms with Gasteiger partial charge in [-0.25, -0.2) is 0 Å². The average molecular weight is 136 g/mol. The minimum absolute atomic E-state index is 0.689.